The smallest absolute Gasteiger partial charge is 0.243 e. The molecular weight excluding hydrogens is 230 g/mol. The van der Waals surface area contributed by atoms with Gasteiger partial charge in [0, 0.05) is 24.8 Å². The van der Waals surface area contributed by atoms with Crippen molar-refractivity contribution in [1.29, 1.82) is 0 Å². The van der Waals surface area contributed by atoms with Crippen LogP contribution >= 0.6 is 0 Å². The molecular formula is C13H17N3O2. The van der Waals surface area contributed by atoms with Crippen LogP contribution in [0.3, 0.4) is 0 Å². The molecule has 2 rings (SSSR count). The van der Waals surface area contributed by atoms with Gasteiger partial charge in [0.15, 0.2) is 0 Å². The fraction of sp³-hybridized carbons (Fsp3) is 0.385. The van der Waals surface area contributed by atoms with Crippen LogP contribution in [0.5, 0.6) is 0 Å². The number of carbonyl (C=O) groups excluding carboxylic acids is 2. The van der Waals surface area contributed by atoms with Gasteiger partial charge < -0.3 is 16.0 Å². The van der Waals surface area contributed by atoms with Crippen LogP contribution in [0.25, 0.3) is 0 Å². The lowest BCUT2D eigenvalue weighted by Gasteiger charge is -2.30. The van der Waals surface area contributed by atoms with E-state index in [-0.39, 0.29) is 11.8 Å². The fourth-order valence-electron chi connectivity index (χ4n) is 2.09. The lowest BCUT2D eigenvalue weighted by atomic mass is 10.0. The van der Waals surface area contributed by atoms with Crippen molar-refractivity contribution >= 4 is 23.2 Å². The first-order valence-corrected chi connectivity index (χ1v) is 6.02. The molecule has 2 amide bonds. The molecule has 18 heavy (non-hydrogen) atoms. The second-order valence-electron chi connectivity index (χ2n) is 4.47. The van der Waals surface area contributed by atoms with E-state index in [1.807, 2.05) is 12.1 Å². The largest absolute Gasteiger partial charge is 0.326 e. The Morgan fingerprint density at radius 2 is 2.06 bits per heavy atom. The Balaban J connectivity index is 2.13. The Morgan fingerprint density at radius 3 is 2.67 bits per heavy atom. The second-order valence-corrected chi connectivity index (χ2v) is 4.47. The zero-order chi connectivity index (χ0) is 13.1. The summed E-state index contributed by atoms with van der Waals surface area (Å²) in [5, 5.41) is 2.69. The Kier molecular flexibility index (Phi) is 3.62. The number of piperidine rings is 1. The summed E-state index contributed by atoms with van der Waals surface area (Å²) in [5.74, 6) is -0.146. The van der Waals surface area contributed by atoms with Crippen LogP contribution in [0.4, 0.5) is 11.4 Å². The molecule has 1 aliphatic heterocycles. The summed E-state index contributed by atoms with van der Waals surface area (Å²) in [5.41, 5.74) is 7.30. The van der Waals surface area contributed by atoms with Gasteiger partial charge in [0.2, 0.25) is 11.8 Å². The van der Waals surface area contributed by atoms with E-state index in [2.05, 4.69) is 5.32 Å². The molecule has 1 atom stereocenters. The Hall–Kier alpha value is -1.88. The highest BCUT2D eigenvalue weighted by Crippen LogP contribution is 2.22. The maximum Gasteiger partial charge on any atom is 0.243 e. The van der Waals surface area contributed by atoms with Gasteiger partial charge in [0.05, 0.1) is 6.04 Å². The van der Waals surface area contributed by atoms with E-state index in [1.165, 1.54) is 6.92 Å². The summed E-state index contributed by atoms with van der Waals surface area (Å²) < 4.78 is 0. The van der Waals surface area contributed by atoms with E-state index >= 15 is 0 Å². The number of rotatable bonds is 2. The third-order valence-corrected chi connectivity index (χ3v) is 2.98. The summed E-state index contributed by atoms with van der Waals surface area (Å²) in [6.45, 7) is 2.16. The van der Waals surface area contributed by atoms with Crippen molar-refractivity contribution < 1.29 is 9.59 Å². The summed E-state index contributed by atoms with van der Waals surface area (Å²) in [6, 6.07) is 6.81. The Labute approximate surface area is 106 Å². The average molecular weight is 247 g/mol. The number of hydrogen-bond acceptors (Lipinski definition) is 3. The third-order valence-electron chi connectivity index (χ3n) is 2.98. The normalized spacial score (nSPS) is 19.8. The first-order chi connectivity index (χ1) is 8.58. The predicted molar refractivity (Wildman–Crippen MR) is 70.3 cm³/mol. The molecule has 1 saturated heterocycles. The van der Waals surface area contributed by atoms with Crippen molar-refractivity contribution in [3.8, 4) is 0 Å². The third kappa shape index (κ3) is 2.68. The summed E-state index contributed by atoms with van der Waals surface area (Å²) in [6.07, 6.45) is 1.67. The molecule has 0 saturated carbocycles. The van der Waals surface area contributed by atoms with Gasteiger partial charge in [0.1, 0.15) is 0 Å². The molecule has 96 valence electrons. The molecule has 3 N–H and O–H groups in total. The molecule has 0 aliphatic carbocycles. The van der Waals surface area contributed by atoms with Gasteiger partial charge in [-0.1, -0.05) is 0 Å². The quantitative estimate of drug-likeness (QED) is 0.821. The maximum absolute atomic E-state index is 11.9. The standard InChI is InChI=1S/C13H17N3O2/c1-9(17)15-10-4-6-11(7-5-10)16-8-2-3-12(14)13(16)18/h4-7,12H,2-3,8,14H2,1H3,(H,15,17). The highest BCUT2D eigenvalue weighted by atomic mass is 16.2. The van der Waals surface area contributed by atoms with Gasteiger partial charge in [0.25, 0.3) is 0 Å². The molecule has 1 aromatic carbocycles. The summed E-state index contributed by atoms with van der Waals surface area (Å²) in [7, 11) is 0. The molecule has 0 bridgehead atoms. The van der Waals surface area contributed by atoms with Crippen LogP contribution in [-0.2, 0) is 9.59 Å². The number of nitrogens with zero attached hydrogens (tertiary/aromatic N) is 1. The highest BCUT2D eigenvalue weighted by molar-refractivity contribution is 5.98. The van der Waals surface area contributed by atoms with Crippen LogP contribution in [0.15, 0.2) is 24.3 Å². The van der Waals surface area contributed by atoms with Crippen molar-refractivity contribution in [1.82, 2.24) is 0 Å². The predicted octanol–water partition coefficient (Wildman–Crippen LogP) is 1.10. The van der Waals surface area contributed by atoms with Crippen LogP contribution < -0.4 is 16.0 Å². The Morgan fingerprint density at radius 1 is 1.39 bits per heavy atom. The minimum absolute atomic E-state index is 0.0338. The number of amides is 2. The average Bonchev–Trinajstić information content (AvgIpc) is 2.33. The Bertz CT molecular complexity index is 456. The van der Waals surface area contributed by atoms with Gasteiger partial charge in [-0.15, -0.1) is 0 Å². The molecule has 0 spiro atoms. The van der Waals surface area contributed by atoms with Gasteiger partial charge in [-0.05, 0) is 37.1 Å². The minimum atomic E-state index is -0.395. The number of benzene rings is 1. The van der Waals surface area contributed by atoms with E-state index < -0.39 is 6.04 Å². The van der Waals surface area contributed by atoms with E-state index in [9.17, 15) is 9.59 Å². The number of carbonyl (C=O) groups is 2. The monoisotopic (exact) mass is 247 g/mol. The second kappa shape index (κ2) is 5.18. The van der Waals surface area contributed by atoms with Crippen molar-refractivity contribution in [2.24, 2.45) is 5.73 Å². The van der Waals surface area contributed by atoms with E-state index in [4.69, 9.17) is 5.73 Å². The molecule has 5 heteroatoms. The molecule has 1 unspecified atom stereocenters. The SMILES string of the molecule is CC(=O)Nc1ccc(N2CCCC(N)C2=O)cc1. The maximum atomic E-state index is 11.9. The topological polar surface area (TPSA) is 75.4 Å². The van der Waals surface area contributed by atoms with Gasteiger partial charge >= 0.3 is 0 Å². The van der Waals surface area contributed by atoms with E-state index in [0.717, 1.165) is 24.2 Å². The van der Waals surface area contributed by atoms with Gasteiger partial charge in [-0.3, -0.25) is 9.59 Å². The van der Waals surface area contributed by atoms with Gasteiger partial charge in [-0.25, -0.2) is 0 Å². The zero-order valence-electron chi connectivity index (χ0n) is 10.3. The number of anilines is 2. The molecule has 1 aliphatic rings. The van der Waals surface area contributed by atoms with E-state index in [0.29, 0.717) is 6.54 Å². The van der Waals surface area contributed by atoms with Crippen LogP contribution in [0.1, 0.15) is 19.8 Å². The first kappa shape index (κ1) is 12.6. The lowest BCUT2D eigenvalue weighted by Crippen LogP contribution is -2.48. The van der Waals surface area contributed by atoms with Crippen LogP contribution in [0, 0.1) is 0 Å². The number of nitrogens with one attached hydrogen (secondary N) is 1. The molecule has 1 aromatic rings. The summed E-state index contributed by atoms with van der Waals surface area (Å²) >= 11 is 0. The van der Waals surface area contributed by atoms with Crippen molar-refractivity contribution in [3.05, 3.63) is 24.3 Å². The molecule has 0 aromatic heterocycles. The highest BCUT2D eigenvalue weighted by Gasteiger charge is 2.26. The lowest BCUT2D eigenvalue weighted by molar-refractivity contribution is -0.121. The zero-order valence-corrected chi connectivity index (χ0v) is 10.3. The fourth-order valence-corrected chi connectivity index (χ4v) is 2.09. The van der Waals surface area contributed by atoms with Gasteiger partial charge in [-0.2, -0.15) is 0 Å². The summed E-state index contributed by atoms with van der Waals surface area (Å²) in [4.78, 5) is 24.5. The van der Waals surface area contributed by atoms with Crippen molar-refractivity contribution in [2.45, 2.75) is 25.8 Å². The first-order valence-electron chi connectivity index (χ1n) is 6.02. The van der Waals surface area contributed by atoms with Crippen LogP contribution in [-0.4, -0.2) is 24.4 Å². The number of nitrogens with two attached hydrogens (primary N) is 1. The van der Waals surface area contributed by atoms with Crippen LogP contribution in [0.2, 0.25) is 0 Å². The van der Waals surface area contributed by atoms with Crippen molar-refractivity contribution in [3.63, 3.8) is 0 Å². The molecule has 1 fully saturated rings. The number of hydrogen-bond donors (Lipinski definition) is 2. The molecule has 5 nitrogen and oxygen atoms in total. The van der Waals surface area contributed by atoms with Crippen molar-refractivity contribution in [2.75, 3.05) is 16.8 Å². The molecule has 1 heterocycles. The molecule has 0 radical (unpaired) electrons. The minimum Gasteiger partial charge on any atom is -0.326 e. The van der Waals surface area contributed by atoms with E-state index in [1.54, 1.807) is 17.0 Å².